The zero-order valence-corrected chi connectivity index (χ0v) is 9.86. The topological polar surface area (TPSA) is 43.9 Å². The number of carbonyl (C=O) groups is 2. The van der Waals surface area contributed by atoms with Crippen LogP contribution in [0.1, 0.15) is 13.3 Å². The van der Waals surface area contributed by atoms with Gasteiger partial charge >= 0.3 is 6.03 Å². The second-order valence-electron chi connectivity index (χ2n) is 4.21. The molecule has 0 aromatic carbocycles. The Bertz CT molecular complexity index is 265. The van der Waals surface area contributed by atoms with E-state index in [1.54, 1.807) is 35.8 Å². The van der Waals surface area contributed by atoms with Crippen LogP contribution in [0.2, 0.25) is 0 Å². The Labute approximate surface area is 90.6 Å². The van der Waals surface area contributed by atoms with E-state index in [0.29, 0.717) is 6.54 Å². The van der Waals surface area contributed by atoms with Gasteiger partial charge in [0.2, 0.25) is 5.91 Å². The maximum absolute atomic E-state index is 11.6. The van der Waals surface area contributed by atoms with Crippen molar-refractivity contribution >= 4 is 11.9 Å². The first-order valence-electron chi connectivity index (χ1n) is 5.13. The molecule has 0 aliphatic carbocycles. The van der Waals surface area contributed by atoms with Gasteiger partial charge in [0.25, 0.3) is 0 Å². The summed E-state index contributed by atoms with van der Waals surface area (Å²) in [5.74, 6) is 0.0409. The monoisotopic (exact) mass is 213 g/mol. The predicted molar refractivity (Wildman–Crippen MR) is 57.5 cm³/mol. The molecule has 0 N–H and O–H groups in total. The van der Waals surface area contributed by atoms with E-state index in [1.165, 1.54) is 6.92 Å². The zero-order valence-electron chi connectivity index (χ0n) is 9.86. The highest BCUT2D eigenvalue weighted by atomic mass is 16.2. The predicted octanol–water partition coefficient (Wildman–Crippen LogP) is 0.221. The molecule has 0 aromatic rings. The standard InChI is InChI=1S/C10H19N3O2/c1-8(14)12(4)7-9-5-6-13(9)10(15)11(2)3/h9H,5-7H2,1-4H3. The molecule has 1 atom stereocenters. The molecule has 0 aromatic heterocycles. The van der Waals surface area contributed by atoms with Crippen LogP contribution in [0, 0.1) is 0 Å². The first-order valence-corrected chi connectivity index (χ1v) is 5.13. The van der Waals surface area contributed by atoms with E-state index in [0.717, 1.165) is 13.0 Å². The van der Waals surface area contributed by atoms with Gasteiger partial charge in [-0.3, -0.25) is 4.79 Å². The average molecular weight is 213 g/mol. The summed E-state index contributed by atoms with van der Waals surface area (Å²) in [6.07, 6.45) is 0.983. The maximum atomic E-state index is 11.6. The van der Waals surface area contributed by atoms with Crippen molar-refractivity contribution in [3.05, 3.63) is 0 Å². The van der Waals surface area contributed by atoms with Crippen LogP contribution in [0.4, 0.5) is 4.79 Å². The van der Waals surface area contributed by atoms with E-state index in [4.69, 9.17) is 0 Å². The van der Waals surface area contributed by atoms with Gasteiger partial charge in [-0.25, -0.2) is 4.79 Å². The molecule has 15 heavy (non-hydrogen) atoms. The van der Waals surface area contributed by atoms with Crippen LogP contribution in [0.3, 0.4) is 0 Å². The molecule has 1 heterocycles. The van der Waals surface area contributed by atoms with E-state index >= 15 is 0 Å². The lowest BCUT2D eigenvalue weighted by Gasteiger charge is -2.43. The van der Waals surface area contributed by atoms with E-state index in [1.807, 2.05) is 0 Å². The highest BCUT2D eigenvalue weighted by molar-refractivity contribution is 5.75. The number of urea groups is 1. The Morgan fingerprint density at radius 2 is 1.93 bits per heavy atom. The molecule has 1 aliphatic heterocycles. The Balaban J connectivity index is 2.45. The van der Waals surface area contributed by atoms with Crippen molar-refractivity contribution in [2.75, 3.05) is 34.2 Å². The van der Waals surface area contributed by atoms with Crippen molar-refractivity contribution in [1.82, 2.24) is 14.7 Å². The van der Waals surface area contributed by atoms with E-state index in [2.05, 4.69) is 0 Å². The molecule has 1 rings (SSSR count). The first-order chi connectivity index (χ1) is 6.93. The van der Waals surface area contributed by atoms with E-state index < -0.39 is 0 Å². The summed E-state index contributed by atoms with van der Waals surface area (Å²) in [7, 11) is 5.25. The minimum absolute atomic E-state index is 0.0307. The second-order valence-corrected chi connectivity index (χ2v) is 4.21. The van der Waals surface area contributed by atoms with Gasteiger partial charge in [0.05, 0.1) is 6.04 Å². The molecule has 0 spiro atoms. The van der Waals surface area contributed by atoms with Crippen LogP contribution < -0.4 is 0 Å². The Hall–Kier alpha value is -1.26. The molecule has 0 bridgehead atoms. The largest absolute Gasteiger partial charge is 0.344 e. The van der Waals surface area contributed by atoms with Gasteiger partial charge in [-0.2, -0.15) is 0 Å². The Kier molecular flexibility index (Phi) is 3.55. The minimum Gasteiger partial charge on any atom is -0.344 e. The summed E-state index contributed by atoms with van der Waals surface area (Å²) in [5, 5.41) is 0. The molecule has 3 amide bonds. The summed E-state index contributed by atoms with van der Waals surface area (Å²) in [5.41, 5.74) is 0. The number of likely N-dealkylation sites (N-methyl/N-ethyl adjacent to an activating group) is 1. The van der Waals surface area contributed by atoms with Crippen LogP contribution in [-0.2, 0) is 4.79 Å². The summed E-state index contributed by atoms with van der Waals surface area (Å²) >= 11 is 0. The molecule has 1 saturated heterocycles. The lowest BCUT2D eigenvalue weighted by atomic mass is 10.0. The lowest BCUT2D eigenvalue weighted by molar-refractivity contribution is -0.128. The van der Waals surface area contributed by atoms with Gasteiger partial charge in [0.15, 0.2) is 0 Å². The number of amides is 3. The van der Waals surface area contributed by atoms with E-state index in [-0.39, 0.29) is 18.0 Å². The van der Waals surface area contributed by atoms with Gasteiger partial charge in [-0.15, -0.1) is 0 Å². The zero-order chi connectivity index (χ0) is 11.6. The first kappa shape index (κ1) is 11.8. The van der Waals surface area contributed by atoms with Crippen LogP contribution in [0.25, 0.3) is 0 Å². The molecular formula is C10H19N3O2. The number of hydrogen-bond acceptors (Lipinski definition) is 2. The van der Waals surface area contributed by atoms with Crippen molar-refractivity contribution in [2.45, 2.75) is 19.4 Å². The van der Waals surface area contributed by atoms with Crippen LogP contribution in [-0.4, -0.2) is 66.9 Å². The molecule has 86 valence electrons. The molecule has 1 aliphatic rings. The van der Waals surface area contributed by atoms with Gasteiger partial charge in [-0.1, -0.05) is 0 Å². The fraction of sp³-hybridized carbons (Fsp3) is 0.800. The Morgan fingerprint density at radius 1 is 1.33 bits per heavy atom. The molecule has 0 saturated carbocycles. The normalized spacial score (nSPS) is 19.5. The van der Waals surface area contributed by atoms with Crippen molar-refractivity contribution in [3.63, 3.8) is 0 Å². The lowest BCUT2D eigenvalue weighted by Crippen LogP contribution is -2.58. The van der Waals surface area contributed by atoms with Crippen LogP contribution in [0.5, 0.6) is 0 Å². The summed E-state index contributed by atoms with van der Waals surface area (Å²) in [6.45, 7) is 2.97. The van der Waals surface area contributed by atoms with Crippen molar-refractivity contribution in [1.29, 1.82) is 0 Å². The third kappa shape index (κ3) is 2.61. The highest BCUT2D eigenvalue weighted by Gasteiger charge is 2.33. The summed E-state index contributed by atoms with van der Waals surface area (Å²) in [6, 6.07) is 0.219. The minimum atomic E-state index is 0.0307. The fourth-order valence-electron chi connectivity index (χ4n) is 1.58. The number of hydrogen-bond donors (Lipinski definition) is 0. The smallest absolute Gasteiger partial charge is 0.319 e. The summed E-state index contributed by atoms with van der Waals surface area (Å²) in [4.78, 5) is 27.7. The highest BCUT2D eigenvalue weighted by Crippen LogP contribution is 2.19. The van der Waals surface area contributed by atoms with Crippen molar-refractivity contribution in [3.8, 4) is 0 Å². The summed E-state index contributed by atoms with van der Waals surface area (Å²) < 4.78 is 0. The van der Waals surface area contributed by atoms with Gasteiger partial charge < -0.3 is 14.7 Å². The van der Waals surface area contributed by atoms with Crippen LogP contribution in [0.15, 0.2) is 0 Å². The van der Waals surface area contributed by atoms with Gasteiger partial charge in [0, 0.05) is 41.2 Å². The third-order valence-corrected chi connectivity index (χ3v) is 2.79. The number of carbonyl (C=O) groups excluding carboxylic acids is 2. The van der Waals surface area contributed by atoms with Crippen molar-refractivity contribution < 1.29 is 9.59 Å². The maximum Gasteiger partial charge on any atom is 0.319 e. The molecule has 1 unspecified atom stereocenters. The van der Waals surface area contributed by atoms with Crippen molar-refractivity contribution in [2.24, 2.45) is 0 Å². The molecule has 1 fully saturated rings. The quantitative estimate of drug-likeness (QED) is 0.658. The SMILES string of the molecule is CC(=O)N(C)CC1CCN1C(=O)N(C)C. The number of rotatable bonds is 2. The van der Waals surface area contributed by atoms with E-state index in [9.17, 15) is 9.59 Å². The fourth-order valence-corrected chi connectivity index (χ4v) is 1.58. The third-order valence-electron chi connectivity index (χ3n) is 2.79. The average Bonchev–Trinajstić information content (AvgIpc) is 2.11. The van der Waals surface area contributed by atoms with Crippen LogP contribution >= 0.6 is 0 Å². The Morgan fingerprint density at radius 3 is 2.27 bits per heavy atom. The second kappa shape index (κ2) is 4.51. The molecule has 0 radical (unpaired) electrons. The number of likely N-dealkylation sites (tertiary alicyclic amines) is 1. The number of nitrogens with zero attached hydrogens (tertiary/aromatic N) is 3. The molecule has 5 heteroatoms. The van der Waals surface area contributed by atoms with Gasteiger partial charge in [0.1, 0.15) is 0 Å². The van der Waals surface area contributed by atoms with Gasteiger partial charge in [-0.05, 0) is 6.42 Å². The molecule has 5 nitrogen and oxygen atoms in total. The molecular weight excluding hydrogens is 194 g/mol.